The van der Waals surface area contributed by atoms with Gasteiger partial charge in [0.25, 0.3) is 0 Å². The van der Waals surface area contributed by atoms with Crippen LogP contribution in [0.1, 0.15) is 18.0 Å². The predicted molar refractivity (Wildman–Crippen MR) is 68.9 cm³/mol. The van der Waals surface area contributed by atoms with Crippen molar-refractivity contribution in [2.75, 3.05) is 0 Å². The van der Waals surface area contributed by atoms with Crippen LogP contribution >= 0.6 is 11.3 Å². The number of nitrogens with two attached hydrogens (primary N) is 1. The highest BCUT2D eigenvalue weighted by atomic mass is 32.1. The average molecular weight is 247 g/mol. The van der Waals surface area contributed by atoms with Crippen molar-refractivity contribution >= 4 is 17.3 Å². The van der Waals surface area contributed by atoms with Crippen molar-refractivity contribution in [1.82, 2.24) is 0 Å². The van der Waals surface area contributed by atoms with Gasteiger partial charge in [0, 0.05) is 6.04 Å². The lowest BCUT2D eigenvalue weighted by Gasteiger charge is -2.14. The van der Waals surface area contributed by atoms with Gasteiger partial charge < -0.3 is 10.8 Å². The summed E-state index contributed by atoms with van der Waals surface area (Å²) in [6.07, 6.45) is -0.0544. The first-order valence-corrected chi connectivity index (χ1v) is 6.21. The van der Waals surface area contributed by atoms with E-state index in [1.54, 1.807) is 11.3 Å². The molecule has 1 aromatic carbocycles. The molecule has 0 amide bonds. The first-order valence-electron chi connectivity index (χ1n) is 5.27. The van der Waals surface area contributed by atoms with Crippen LogP contribution in [-0.2, 0) is 4.79 Å². The van der Waals surface area contributed by atoms with Gasteiger partial charge >= 0.3 is 5.97 Å². The molecule has 2 rings (SSSR count). The summed E-state index contributed by atoms with van der Waals surface area (Å²) in [5.41, 5.74) is 8.91. The molecule has 0 radical (unpaired) electrons. The first-order chi connectivity index (χ1) is 8.18. The first kappa shape index (κ1) is 11.8. The minimum absolute atomic E-state index is 0.0544. The van der Waals surface area contributed by atoms with E-state index in [-0.39, 0.29) is 6.42 Å². The van der Waals surface area contributed by atoms with Gasteiger partial charge in [-0.05, 0) is 33.5 Å². The Morgan fingerprint density at radius 3 is 2.76 bits per heavy atom. The Labute approximate surface area is 104 Å². The quantitative estimate of drug-likeness (QED) is 0.873. The summed E-state index contributed by atoms with van der Waals surface area (Å²) >= 11 is 1.61. The molecule has 0 aliphatic carbocycles. The summed E-state index contributed by atoms with van der Waals surface area (Å²) in [5, 5.41) is 12.8. The van der Waals surface area contributed by atoms with Crippen molar-refractivity contribution < 1.29 is 9.90 Å². The summed E-state index contributed by atoms with van der Waals surface area (Å²) in [4.78, 5) is 10.7. The maximum Gasteiger partial charge on any atom is 0.305 e. The van der Waals surface area contributed by atoms with E-state index in [0.29, 0.717) is 0 Å². The van der Waals surface area contributed by atoms with E-state index in [0.717, 1.165) is 16.7 Å². The number of carboxylic acid groups (broad SMARTS) is 1. The van der Waals surface area contributed by atoms with Crippen LogP contribution in [0, 0.1) is 0 Å². The lowest BCUT2D eigenvalue weighted by molar-refractivity contribution is -0.137. The molecule has 1 unspecified atom stereocenters. The minimum Gasteiger partial charge on any atom is -0.481 e. The summed E-state index contributed by atoms with van der Waals surface area (Å²) in [6, 6.07) is 9.22. The van der Waals surface area contributed by atoms with Crippen molar-refractivity contribution in [3.05, 3.63) is 46.7 Å². The van der Waals surface area contributed by atoms with Crippen LogP contribution in [-0.4, -0.2) is 11.1 Å². The number of thiophene rings is 1. The fourth-order valence-electron chi connectivity index (χ4n) is 1.80. The molecule has 0 saturated carbocycles. The Kier molecular flexibility index (Phi) is 3.56. The molecule has 4 heteroatoms. The zero-order chi connectivity index (χ0) is 12.3. The fraction of sp³-hybridized carbons (Fsp3) is 0.154. The fourth-order valence-corrected chi connectivity index (χ4v) is 2.45. The van der Waals surface area contributed by atoms with E-state index in [9.17, 15) is 4.79 Å². The second-order valence-corrected chi connectivity index (χ2v) is 4.58. The zero-order valence-corrected chi connectivity index (χ0v) is 9.98. The highest BCUT2D eigenvalue weighted by molar-refractivity contribution is 7.08. The van der Waals surface area contributed by atoms with Gasteiger partial charge in [-0.3, -0.25) is 4.79 Å². The van der Waals surface area contributed by atoms with Crippen LogP contribution < -0.4 is 5.73 Å². The number of carbonyl (C=O) groups is 1. The third-order valence-corrected chi connectivity index (χ3v) is 3.27. The molecule has 17 heavy (non-hydrogen) atoms. The lowest BCUT2D eigenvalue weighted by Crippen LogP contribution is -2.15. The summed E-state index contributed by atoms with van der Waals surface area (Å²) in [7, 11) is 0. The Hall–Kier alpha value is -1.65. The number of aliphatic carboxylic acids is 1. The molecule has 0 spiro atoms. The Bertz CT molecular complexity index is 508. The molecule has 3 nitrogen and oxygen atoms in total. The van der Waals surface area contributed by atoms with E-state index in [1.165, 1.54) is 0 Å². The number of rotatable bonds is 4. The minimum atomic E-state index is -0.877. The topological polar surface area (TPSA) is 63.3 Å². The highest BCUT2D eigenvalue weighted by Gasteiger charge is 2.14. The van der Waals surface area contributed by atoms with Crippen LogP contribution in [0.25, 0.3) is 11.1 Å². The van der Waals surface area contributed by atoms with E-state index >= 15 is 0 Å². The van der Waals surface area contributed by atoms with Crippen LogP contribution in [0.5, 0.6) is 0 Å². The monoisotopic (exact) mass is 247 g/mol. The Morgan fingerprint density at radius 2 is 2.12 bits per heavy atom. The van der Waals surface area contributed by atoms with Gasteiger partial charge in [-0.1, -0.05) is 24.3 Å². The maximum absolute atomic E-state index is 10.7. The zero-order valence-electron chi connectivity index (χ0n) is 9.17. The van der Waals surface area contributed by atoms with Gasteiger partial charge in [0.2, 0.25) is 0 Å². The molecule has 0 aliphatic heterocycles. The number of benzene rings is 1. The summed E-state index contributed by atoms with van der Waals surface area (Å²) < 4.78 is 0. The van der Waals surface area contributed by atoms with Crippen molar-refractivity contribution in [1.29, 1.82) is 0 Å². The van der Waals surface area contributed by atoms with Gasteiger partial charge in [-0.2, -0.15) is 11.3 Å². The van der Waals surface area contributed by atoms with Gasteiger partial charge in [-0.15, -0.1) is 0 Å². The van der Waals surface area contributed by atoms with E-state index < -0.39 is 12.0 Å². The molecule has 3 N–H and O–H groups in total. The standard InChI is InChI=1S/C13H13NO2S/c14-12(7-13(15)16)11-4-2-1-3-10(11)9-5-6-17-8-9/h1-6,8,12H,7,14H2,(H,15,16). The Morgan fingerprint density at radius 1 is 1.35 bits per heavy atom. The molecular formula is C13H13NO2S. The molecule has 0 bridgehead atoms. The Balaban J connectivity index is 2.37. The maximum atomic E-state index is 10.7. The summed E-state index contributed by atoms with van der Waals surface area (Å²) in [6.45, 7) is 0. The smallest absolute Gasteiger partial charge is 0.305 e. The third-order valence-electron chi connectivity index (χ3n) is 2.59. The second kappa shape index (κ2) is 5.12. The van der Waals surface area contributed by atoms with Crippen LogP contribution in [0.2, 0.25) is 0 Å². The van der Waals surface area contributed by atoms with E-state index in [2.05, 4.69) is 0 Å². The molecule has 1 heterocycles. The van der Waals surface area contributed by atoms with Gasteiger partial charge in [0.1, 0.15) is 0 Å². The molecule has 88 valence electrons. The third kappa shape index (κ3) is 2.72. The lowest BCUT2D eigenvalue weighted by atomic mass is 9.95. The average Bonchev–Trinajstić information content (AvgIpc) is 2.81. The van der Waals surface area contributed by atoms with Crippen LogP contribution in [0.3, 0.4) is 0 Å². The van der Waals surface area contributed by atoms with Gasteiger partial charge in [-0.25, -0.2) is 0 Å². The van der Waals surface area contributed by atoms with E-state index in [1.807, 2.05) is 41.1 Å². The van der Waals surface area contributed by atoms with Crippen molar-refractivity contribution in [3.8, 4) is 11.1 Å². The normalized spacial score (nSPS) is 12.3. The molecule has 2 aromatic rings. The molecule has 0 saturated heterocycles. The molecule has 0 fully saturated rings. The molecule has 1 aromatic heterocycles. The molecular weight excluding hydrogens is 234 g/mol. The summed E-state index contributed by atoms with van der Waals surface area (Å²) in [5.74, 6) is -0.877. The molecule has 0 aliphatic rings. The van der Waals surface area contributed by atoms with Crippen molar-refractivity contribution in [3.63, 3.8) is 0 Å². The number of carboxylic acids is 1. The SMILES string of the molecule is NC(CC(=O)O)c1ccccc1-c1ccsc1. The highest BCUT2D eigenvalue weighted by Crippen LogP contribution is 2.29. The van der Waals surface area contributed by atoms with Gasteiger partial charge in [0.05, 0.1) is 6.42 Å². The van der Waals surface area contributed by atoms with Crippen molar-refractivity contribution in [2.24, 2.45) is 5.73 Å². The van der Waals surface area contributed by atoms with Gasteiger partial charge in [0.15, 0.2) is 0 Å². The second-order valence-electron chi connectivity index (χ2n) is 3.80. The van der Waals surface area contributed by atoms with Crippen LogP contribution in [0.4, 0.5) is 0 Å². The largest absolute Gasteiger partial charge is 0.481 e. The number of hydrogen-bond donors (Lipinski definition) is 2. The van der Waals surface area contributed by atoms with E-state index in [4.69, 9.17) is 10.8 Å². The predicted octanol–water partition coefficient (Wildman–Crippen LogP) is 2.89. The van der Waals surface area contributed by atoms with Crippen molar-refractivity contribution in [2.45, 2.75) is 12.5 Å². The van der Waals surface area contributed by atoms with Crippen LogP contribution in [0.15, 0.2) is 41.1 Å². The number of hydrogen-bond acceptors (Lipinski definition) is 3. The molecule has 1 atom stereocenters.